The molecule has 0 N–H and O–H groups in total. The van der Waals surface area contributed by atoms with Crippen LogP contribution >= 0.6 is 0 Å². The zero-order valence-corrected chi connectivity index (χ0v) is 15.2. The summed E-state index contributed by atoms with van der Waals surface area (Å²) in [6.07, 6.45) is 1.21. The van der Waals surface area contributed by atoms with E-state index < -0.39 is 0 Å². The van der Waals surface area contributed by atoms with Gasteiger partial charge in [0, 0.05) is 20.0 Å². The second kappa shape index (κ2) is 8.97. The smallest absolute Gasteiger partial charge is 0.222 e. The minimum Gasteiger partial charge on any atom is -0.493 e. The Kier molecular flexibility index (Phi) is 6.69. The number of ether oxygens (including phenoxy) is 3. The highest BCUT2D eigenvalue weighted by molar-refractivity contribution is 5.76. The van der Waals surface area contributed by atoms with E-state index in [1.165, 1.54) is 0 Å². The minimum absolute atomic E-state index is 0.0950. The van der Waals surface area contributed by atoms with Crippen molar-refractivity contribution in [1.29, 1.82) is 0 Å². The summed E-state index contributed by atoms with van der Waals surface area (Å²) in [5, 5.41) is 0. The van der Waals surface area contributed by atoms with E-state index in [1.807, 2.05) is 42.5 Å². The Morgan fingerprint density at radius 1 is 0.920 bits per heavy atom. The molecule has 2 rings (SSSR count). The number of methoxy groups -OCH3 is 3. The first kappa shape index (κ1) is 18.6. The van der Waals surface area contributed by atoms with Gasteiger partial charge in [-0.25, -0.2) is 0 Å². The maximum Gasteiger partial charge on any atom is 0.222 e. The Balaban J connectivity index is 2.03. The third-order valence-corrected chi connectivity index (χ3v) is 4.04. The van der Waals surface area contributed by atoms with Crippen molar-refractivity contribution in [3.05, 3.63) is 53.6 Å². The third kappa shape index (κ3) is 4.89. The SMILES string of the molecule is COc1cc(CN(C)C(=O)CCc2ccccc2)cc(OC)c1OC. The van der Waals surface area contributed by atoms with Crippen LogP contribution < -0.4 is 14.2 Å². The quantitative estimate of drug-likeness (QED) is 0.738. The summed E-state index contributed by atoms with van der Waals surface area (Å²) in [6, 6.07) is 13.7. The predicted molar refractivity (Wildman–Crippen MR) is 97.3 cm³/mol. The molecule has 1 amide bonds. The molecule has 0 bridgehead atoms. The van der Waals surface area contributed by atoms with Crippen molar-refractivity contribution in [2.75, 3.05) is 28.4 Å². The molecule has 0 atom stereocenters. The topological polar surface area (TPSA) is 48.0 Å². The van der Waals surface area contributed by atoms with Crippen LogP contribution in [0.5, 0.6) is 17.2 Å². The average molecular weight is 343 g/mol. The Hall–Kier alpha value is -2.69. The van der Waals surface area contributed by atoms with E-state index >= 15 is 0 Å². The summed E-state index contributed by atoms with van der Waals surface area (Å²) in [6.45, 7) is 0.477. The number of aryl methyl sites for hydroxylation is 1. The molecule has 0 aliphatic rings. The molecule has 0 heterocycles. The van der Waals surface area contributed by atoms with Crippen molar-refractivity contribution in [1.82, 2.24) is 4.90 Å². The van der Waals surface area contributed by atoms with Gasteiger partial charge in [0.05, 0.1) is 21.3 Å². The number of carbonyl (C=O) groups excluding carboxylic acids is 1. The first-order chi connectivity index (χ1) is 12.1. The van der Waals surface area contributed by atoms with Gasteiger partial charge >= 0.3 is 0 Å². The number of benzene rings is 2. The second-order valence-electron chi connectivity index (χ2n) is 5.77. The monoisotopic (exact) mass is 343 g/mol. The van der Waals surface area contributed by atoms with E-state index in [0.717, 1.165) is 17.5 Å². The van der Waals surface area contributed by atoms with Gasteiger partial charge in [0.15, 0.2) is 11.5 Å². The highest BCUT2D eigenvalue weighted by Gasteiger charge is 2.16. The molecule has 0 unspecified atom stereocenters. The standard InChI is InChI=1S/C20H25NO4/c1-21(19(22)11-10-15-8-6-5-7-9-15)14-16-12-17(23-2)20(25-4)18(13-16)24-3/h5-9,12-13H,10-11,14H2,1-4H3. The number of carbonyl (C=O) groups is 1. The Morgan fingerprint density at radius 2 is 1.52 bits per heavy atom. The summed E-state index contributed by atoms with van der Waals surface area (Å²) >= 11 is 0. The Labute approximate surface area is 149 Å². The lowest BCUT2D eigenvalue weighted by Crippen LogP contribution is -2.26. The van der Waals surface area contributed by atoms with Gasteiger partial charge in [0.25, 0.3) is 0 Å². The van der Waals surface area contributed by atoms with Gasteiger partial charge < -0.3 is 19.1 Å². The molecular formula is C20H25NO4. The van der Waals surface area contributed by atoms with Crippen LogP contribution in [0.4, 0.5) is 0 Å². The summed E-state index contributed by atoms with van der Waals surface area (Å²) in [4.78, 5) is 14.1. The molecule has 0 saturated heterocycles. The van der Waals surface area contributed by atoms with Crippen molar-refractivity contribution in [2.24, 2.45) is 0 Å². The number of hydrogen-bond donors (Lipinski definition) is 0. The molecule has 0 aliphatic heterocycles. The highest BCUT2D eigenvalue weighted by atomic mass is 16.5. The van der Waals surface area contributed by atoms with Gasteiger partial charge in [-0.1, -0.05) is 30.3 Å². The fraction of sp³-hybridized carbons (Fsp3) is 0.350. The molecule has 5 nitrogen and oxygen atoms in total. The molecule has 0 spiro atoms. The first-order valence-electron chi connectivity index (χ1n) is 8.15. The molecule has 0 fully saturated rings. The maximum atomic E-state index is 12.4. The van der Waals surface area contributed by atoms with Crippen molar-refractivity contribution >= 4 is 5.91 Å². The fourth-order valence-electron chi connectivity index (χ4n) is 2.68. The van der Waals surface area contributed by atoms with Crippen molar-refractivity contribution in [3.8, 4) is 17.2 Å². The number of amides is 1. The lowest BCUT2D eigenvalue weighted by molar-refractivity contribution is -0.130. The molecule has 0 aliphatic carbocycles. The summed E-state index contributed by atoms with van der Waals surface area (Å²) in [7, 11) is 6.53. The van der Waals surface area contributed by atoms with Gasteiger partial charge in [-0.2, -0.15) is 0 Å². The summed E-state index contributed by atoms with van der Waals surface area (Å²) < 4.78 is 16.0. The molecule has 2 aromatic rings. The summed E-state index contributed by atoms with van der Waals surface area (Å²) in [5.74, 6) is 1.81. The lowest BCUT2D eigenvalue weighted by Gasteiger charge is -2.19. The van der Waals surface area contributed by atoms with Crippen LogP contribution in [0.1, 0.15) is 17.5 Å². The molecule has 25 heavy (non-hydrogen) atoms. The van der Waals surface area contributed by atoms with Gasteiger partial charge in [-0.15, -0.1) is 0 Å². The van der Waals surface area contributed by atoms with Crippen LogP contribution in [0.15, 0.2) is 42.5 Å². The van der Waals surface area contributed by atoms with Gasteiger partial charge in [-0.3, -0.25) is 4.79 Å². The largest absolute Gasteiger partial charge is 0.493 e. The van der Waals surface area contributed by atoms with E-state index in [0.29, 0.717) is 30.2 Å². The molecule has 2 aromatic carbocycles. The number of rotatable bonds is 8. The van der Waals surface area contributed by atoms with Crippen molar-refractivity contribution < 1.29 is 19.0 Å². The third-order valence-electron chi connectivity index (χ3n) is 4.04. The lowest BCUT2D eigenvalue weighted by atomic mass is 10.1. The van der Waals surface area contributed by atoms with E-state index in [9.17, 15) is 4.79 Å². The molecule has 0 saturated carbocycles. The van der Waals surface area contributed by atoms with Crippen LogP contribution in [0.2, 0.25) is 0 Å². The van der Waals surface area contributed by atoms with E-state index in [-0.39, 0.29) is 5.91 Å². The second-order valence-corrected chi connectivity index (χ2v) is 5.77. The Bertz CT molecular complexity index is 675. The fourth-order valence-corrected chi connectivity index (χ4v) is 2.68. The van der Waals surface area contributed by atoms with Gasteiger partial charge in [-0.05, 0) is 29.7 Å². The summed E-state index contributed by atoms with van der Waals surface area (Å²) in [5.41, 5.74) is 2.09. The molecular weight excluding hydrogens is 318 g/mol. The van der Waals surface area contributed by atoms with Crippen LogP contribution in [0, 0.1) is 0 Å². The predicted octanol–water partition coefficient (Wildman–Crippen LogP) is 3.30. The van der Waals surface area contributed by atoms with Crippen molar-refractivity contribution in [3.63, 3.8) is 0 Å². The molecule has 5 heteroatoms. The highest BCUT2D eigenvalue weighted by Crippen LogP contribution is 2.38. The van der Waals surface area contributed by atoms with Crippen LogP contribution in [-0.2, 0) is 17.8 Å². The zero-order chi connectivity index (χ0) is 18.2. The number of hydrogen-bond acceptors (Lipinski definition) is 4. The van der Waals surface area contributed by atoms with Gasteiger partial charge in [0.1, 0.15) is 0 Å². The van der Waals surface area contributed by atoms with Gasteiger partial charge in [0.2, 0.25) is 11.7 Å². The molecule has 134 valence electrons. The van der Waals surface area contributed by atoms with Crippen LogP contribution in [0.3, 0.4) is 0 Å². The van der Waals surface area contributed by atoms with Crippen molar-refractivity contribution in [2.45, 2.75) is 19.4 Å². The number of nitrogens with zero attached hydrogens (tertiary/aromatic N) is 1. The van der Waals surface area contributed by atoms with Crippen LogP contribution in [0.25, 0.3) is 0 Å². The van der Waals surface area contributed by atoms with Crippen LogP contribution in [-0.4, -0.2) is 39.2 Å². The van der Waals surface area contributed by atoms with E-state index in [1.54, 1.807) is 33.3 Å². The Morgan fingerprint density at radius 3 is 2.04 bits per heavy atom. The minimum atomic E-state index is 0.0950. The molecule has 0 aromatic heterocycles. The molecule has 0 radical (unpaired) electrons. The average Bonchev–Trinajstić information content (AvgIpc) is 2.65. The maximum absolute atomic E-state index is 12.4. The van der Waals surface area contributed by atoms with E-state index in [2.05, 4.69) is 0 Å². The normalized spacial score (nSPS) is 10.2. The first-order valence-corrected chi connectivity index (χ1v) is 8.15. The van der Waals surface area contributed by atoms with E-state index in [4.69, 9.17) is 14.2 Å². The zero-order valence-electron chi connectivity index (χ0n) is 15.2.